The fourth-order valence-corrected chi connectivity index (χ4v) is 5.96. The molecule has 208 valence electrons. The maximum atomic E-state index is 13.8. The lowest BCUT2D eigenvalue weighted by atomic mass is 9.97. The van der Waals surface area contributed by atoms with E-state index < -0.39 is 53.8 Å². The summed E-state index contributed by atoms with van der Waals surface area (Å²) in [5, 5.41) is 29.2. The van der Waals surface area contributed by atoms with Crippen molar-refractivity contribution in [2.45, 2.75) is 41.1 Å². The summed E-state index contributed by atoms with van der Waals surface area (Å²) in [6, 6.07) is 2.14. The molecule has 2 aromatic heterocycles. The molecule has 3 aromatic rings. The number of hydrogen-bond donors (Lipinski definition) is 2. The summed E-state index contributed by atoms with van der Waals surface area (Å²) in [5.74, 6) is -4.66. The number of carbonyl (C=O) groups excluding carboxylic acids is 1. The maximum Gasteiger partial charge on any atom is 0.273 e. The van der Waals surface area contributed by atoms with Crippen molar-refractivity contribution < 1.29 is 37.7 Å². The van der Waals surface area contributed by atoms with E-state index in [-0.39, 0.29) is 27.9 Å². The Balaban J connectivity index is 1.47. The lowest BCUT2D eigenvalue weighted by Gasteiger charge is -2.43. The zero-order valence-electron chi connectivity index (χ0n) is 20.4. The predicted octanol–water partition coefficient (Wildman–Crippen LogP) is 2.68. The van der Waals surface area contributed by atoms with Crippen LogP contribution in [0.1, 0.15) is 23.0 Å². The maximum absolute atomic E-state index is 13.8. The van der Waals surface area contributed by atoms with Gasteiger partial charge in [-0.3, -0.25) is 4.79 Å². The molecule has 15 heteroatoms. The average Bonchev–Trinajstić information content (AvgIpc) is 3.36. The van der Waals surface area contributed by atoms with E-state index in [0.717, 1.165) is 30.3 Å². The number of benzene rings is 1. The summed E-state index contributed by atoms with van der Waals surface area (Å²) in [6.45, 7) is 0.672. The van der Waals surface area contributed by atoms with Gasteiger partial charge < -0.3 is 24.6 Å². The molecule has 39 heavy (non-hydrogen) atoms. The van der Waals surface area contributed by atoms with Gasteiger partial charge in [0.2, 0.25) is 0 Å². The quantitative estimate of drug-likeness (QED) is 0.403. The molecule has 2 aliphatic rings. The number of aliphatic hydroxyl groups excluding tert-OH is 2. The Labute approximate surface area is 229 Å². The third-order valence-electron chi connectivity index (χ3n) is 6.60. The molecule has 0 aliphatic carbocycles. The van der Waals surface area contributed by atoms with Crippen molar-refractivity contribution in [2.24, 2.45) is 0 Å². The number of rotatable bonds is 7. The highest BCUT2D eigenvalue weighted by molar-refractivity contribution is 8.00. The van der Waals surface area contributed by atoms with Gasteiger partial charge in [-0.15, -0.1) is 5.10 Å². The van der Waals surface area contributed by atoms with Gasteiger partial charge in [0, 0.05) is 36.9 Å². The van der Waals surface area contributed by atoms with Crippen LogP contribution in [-0.4, -0.2) is 91.6 Å². The fraction of sp³-hybridized carbons (Fsp3) is 0.417. The molecular formula is C24H23ClF3N5O5S. The van der Waals surface area contributed by atoms with Gasteiger partial charge >= 0.3 is 0 Å². The van der Waals surface area contributed by atoms with E-state index in [1.54, 1.807) is 11.0 Å². The van der Waals surface area contributed by atoms with Gasteiger partial charge in [-0.25, -0.2) is 22.8 Å². The SMILES string of the molecule is COC1[C@@H](Sc2cc(Cl)cnc2C(=O)N2CCC2)OC(CO)[C@H](O)[C@@H]1n1cc(-c2cc(F)c(F)c(F)c2)nn1. The Morgan fingerprint density at radius 3 is 2.59 bits per heavy atom. The monoisotopic (exact) mass is 585 g/mol. The number of aromatic nitrogens is 4. The van der Waals surface area contributed by atoms with Crippen molar-refractivity contribution in [3.63, 3.8) is 0 Å². The summed E-state index contributed by atoms with van der Waals surface area (Å²) in [4.78, 5) is 19.3. The van der Waals surface area contributed by atoms with E-state index in [0.29, 0.717) is 18.0 Å². The molecule has 2 saturated heterocycles. The molecule has 0 radical (unpaired) electrons. The lowest BCUT2D eigenvalue weighted by Crippen LogP contribution is -2.55. The van der Waals surface area contributed by atoms with Crippen LogP contribution in [0.15, 0.2) is 35.5 Å². The molecule has 5 atom stereocenters. The van der Waals surface area contributed by atoms with Crippen molar-refractivity contribution in [3.8, 4) is 11.3 Å². The molecule has 1 amide bonds. The van der Waals surface area contributed by atoms with Gasteiger partial charge in [0.15, 0.2) is 17.5 Å². The standard InChI is InChI=1S/C24H23ClF3N5O5S/c1-37-22-20(33-9-15(30-31-33)11-5-13(26)18(28)14(27)6-11)21(35)16(10-34)38-24(22)39-17-7-12(25)8-29-19(17)23(36)32-3-2-4-32/h5-9,16,20-22,24,34-35H,2-4,10H2,1H3/t16?,20-,21-,22?,24+/m0/s1. The van der Waals surface area contributed by atoms with Gasteiger partial charge in [-0.05, 0) is 24.6 Å². The predicted molar refractivity (Wildman–Crippen MR) is 133 cm³/mol. The minimum Gasteiger partial charge on any atom is -0.394 e. The number of methoxy groups -OCH3 is 1. The molecule has 0 spiro atoms. The highest BCUT2D eigenvalue weighted by atomic mass is 35.5. The Morgan fingerprint density at radius 2 is 1.97 bits per heavy atom. The van der Waals surface area contributed by atoms with Crippen molar-refractivity contribution >= 4 is 29.3 Å². The fourth-order valence-electron chi connectivity index (χ4n) is 4.43. The molecule has 4 heterocycles. The molecular weight excluding hydrogens is 563 g/mol. The summed E-state index contributed by atoms with van der Waals surface area (Å²) in [6.07, 6.45) is 0.230. The largest absolute Gasteiger partial charge is 0.394 e. The number of pyridine rings is 1. The minimum absolute atomic E-state index is 0.00701. The molecule has 1 aromatic carbocycles. The summed E-state index contributed by atoms with van der Waals surface area (Å²) < 4.78 is 53.9. The second-order valence-electron chi connectivity index (χ2n) is 9.01. The van der Waals surface area contributed by atoms with E-state index in [1.807, 2.05) is 0 Å². The number of halogens is 4. The number of amides is 1. The number of likely N-dealkylation sites (tertiary alicyclic amines) is 1. The van der Waals surface area contributed by atoms with Crippen LogP contribution in [0.5, 0.6) is 0 Å². The average molecular weight is 586 g/mol. The molecule has 5 rings (SSSR count). The molecule has 10 nitrogen and oxygen atoms in total. The first-order valence-corrected chi connectivity index (χ1v) is 13.1. The second-order valence-corrected chi connectivity index (χ2v) is 10.6. The van der Waals surface area contributed by atoms with E-state index >= 15 is 0 Å². The molecule has 0 saturated carbocycles. The smallest absolute Gasteiger partial charge is 0.273 e. The number of carbonyl (C=O) groups is 1. The lowest BCUT2D eigenvalue weighted by molar-refractivity contribution is -0.186. The Hall–Kier alpha value is -2.75. The van der Waals surface area contributed by atoms with Crippen LogP contribution in [0.4, 0.5) is 13.2 Å². The molecule has 2 fully saturated rings. The highest BCUT2D eigenvalue weighted by Gasteiger charge is 2.48. The van der Waals surface area contributed by atoms with E-state index in [4.69, 9.17) is 21.1 Å². The summed E-state index contributed by atoms with van der Waals surface area (Å²) >= 11 is 7.26. The Morgan fingerprint density at radius 1 is 1.26 bits per heavy atom. The van der Waals surface area contributed by atoms with Crippen LogP contribution in [0.2, 0.25) is 5.02 Å². The van der Waals surface area contributed by atoms with Crippen molar-refractivity contribution in [3.05, 3.63) is 58.8 Å². The normalized spacial score (nSPS) is 25.0. The van der Waals surface area contributed by atoms with Crippen molar-refractivity contribution in [1.29, 1.82) is 0 Å². The van der Waals surface area contributed by atoms with Crippen LogP contribution < -0.4 is 0 Å². The second kappa shape index (κ2) is 11.4. The topological polar surface area (TPSA) is 123 Å². The summed E-state index contributed by atoms with van der Waals surface area (Å²) in [7, 11) is 1.38. The van der Waals surface area contributed by atoms with Crippen LogP contribution in [0.25, 0.3) is 11.3 Å². The highest BCUT2D eigenvalue weighted by Crippen LogP contribution is 2.41. The number of hydrogen-bond acceptors (Lipinski definition) is 9. The number of ether oxygens (including phenoxy) is 2. The van der Waals surface area contributed by atoms with Crippen LogP contribution in [-0.2, 0) is 9.47 Å². The van der Waals surface area contributed by atoms with Crippen molar-refractivity contribution in [2.75, 3.05) is 26.8 Å². The van der Waals surface area contributed by atoms with Gasteiger partial charge in [0.1, 0.15) is 41.2 Å². The van der Waals surface area contributed by atoms with E-state index in [2.05, 4.69) is 15.3 Å². The number of thioether (sulfide) groups is 1. The molecule has 2 aliphatic heterocycles. The Bertz CT molecular complexity index is 1360. The minimum atomic E-state index is -1.61. The van der Waals surface area contributed by atoms with Crippen LogP contribution in [0.3, 0.4) is 0 Å². The van der Waals surface area contributed by atoms with Crippen LogP contribution in [0, 0.1) is 17.5 Å². The summed E-state index contributed by atoms with van der Waals surface area (Å²) in [5.41, 5.74) is -0.782. The number of nitrogens with zero attached hydrogens (tertiary/aromatic N) is 5. The van der Waals surface area contributed by atoms with E-state index in [9.17, 15) is 28.2 Å². The molecule has 2 unspecified atom stereocenters. The van der Waals surface area contributed by atoms with Crippen LogP contribution >= 0.6 is 23.4 Å². The van der Waals surface area contributed by atoms with Crippen molar-refractivity contribution in [1.82, 2.24) is 24.9 Å². The molecule has 0 bridgehead atoms. The third kappa shape index (κ3) is 5.36. The first-order valence-electron chi connectivity index (χ1n) is 11.9. The van der Waals surface area contributed by atoms with E-state index in [1.165, 1.54) is 24.2 Å². The van der Waals surface area contributed by atoms with Gasteiger partial charge in [-0.1, -0.05) is 28.6 Å². The molecule has 2 N–H and O–H groups in total. The zero-order chi connectivity index (χ0) is 27.8. The first-order chi connectivity index (χ1) is 18.7. The van der Waals surface area contributed by atoms with Gasteiger partial charge in [-0.2, -0.15) is 0 Å². The Kier molecular flexibility index (Phi) is 8.12. The zero-order valence-corrected chi connectivity index (χ0v) is 21.9. The van der Waals surface area contributed by atoms with Gasteiger partial charge in [0.25, 0.3) is 5.91 Å². The first kappa shape index (κ1) is 27.8. The van der Waals surface area contributed by atoms with Gasteiger partial charge in [0.05, 0.1) is 17.8 Å². The number of aliphatic hydroxyl groups is 2. The third-order valence-corrected chi connectivity index (χ3v) is 7.98.